The molecule has 2 rings (SSSR count). The number of nitrogens with two attached hydrogens (primary N) is 1. The minimum Gasteiger partial charge on any atom is -0.398 e. The van der Waals surface area contributed by atoms with Gasteiger partial charge in [0.1, 0.15) is 4.90 Å². The van der Waals surface area contributed by atoms with Gasteiger partial charge in [-0.3, -0.25) is 0 Å². The second-order valence-electron chi connectivity index (χ2n) is 5.41. The van der Waals surface area contributed by atoms with E-state index in [9.17, 15) is 8.42 Å². The molecule has 0 aliphatic carbocycles. The highest BCUT2D eigenvalue weighted by Crippen LogP contribution is 2.29. The van der Waals surface area contributed by atoms with Crippen LogP contribution in [-0.4, -0.2) is 39.0 Å². The smallest absolute Gasteiger partial charge is 0.244 e. The summed E-state index contributed by atoms with van der Waals surface area (Å²) in [4.78, 5) is 0.0468. The van der Waals surface area contributed by atoms with Crippen LogP contribution in [0.4, 0.5) is 5.69 Å². The topological polar surface area (TPSA) is 72.6 Å². The SMILES string of the molecule is Cc1cc(Cl)c(S(=O)(=O)N(C)CC2CCCCO2)cc1N. The fourth-order valence-corrected chi connectivity index (χ4v) is 4.16. The monoisotopic (exact) mass is 332 g/mol. The van der Waals surface area contributed by atoms with Crippen LogP contribution >= 0.6 is 11.6 Å². The molecule has 1 aromatic carbocycles. The van der Waals surface area contributed by atoms with Crippen molar-refractivity contribution in [3.8, 4) is 0 Å². The van der Waals surface area contributed by atoms with Crippen molar-refractivity contribution >= 4 is 27.3 Å². The third-order valence-electron chi connectivity index (χ3n) is 3.74. The van der Waals surface area contributed by atoms with Crippen LogP contribution in [0.5, 0.6) is 0 Å². The average Bonchev–Trinajstić information content (AvgIpc) is 2.43. The molecule has 1 fully saturated rings. The lowest BCUT2D eigenvalue weighted by Gasteiger charge is -2.27. The van der Waals surface area contributed by atoms with E-state index in [2.05, 4.69) is 0 Å². The van der Waals surface area contributed by atoms with Gasteiger partial charge in [-0.2, -0.15) is 4.31 Å². The number of likely N-dealkylation sites (N-methyl/N-ethyl adjacent to an activating group) is 1. The number of nitrogen functional groups attached to an aromatic ring is 1. The molecule has 0 amide bonds. The first-order valence-electron chi connectivity index (χ1n) is 6.96. The molecule has 1 unspecified atom stereocenters. The van der Waals surface area contributed by atoms with Crippen molar-refractivity contribution in [2.24, 2.45) is 0 Å². The summed E-state index contributed by atoms with van der Waals surface area (Å²) in [7, 11) is -2.13. The number of ether oxygens (including phenoxy) is 1. The Morgan fingerprint density at radius 3 is 2.76 bits per heavy atom. The molecule has 1 aliphatic heterocycles. The Morgan fingerprint density at radius 2 is 2.14 bits per heavy atom. The van der Waals surface area contributed by atoms with Crippen molar-refractivity contribution in [3.05, 3.63) is 22.7 Å². The molecule has 0 saturated carbocycles. The number of aryl methyl sites for hydroxylation is 1. The maximum absolute atomic E-state index is 12.6. The van der Waals surface area contributed by atoms with Gasteiger partial charge in [-0.25, -0.2) is 8.42 Å². The van der Waals surface area contributed by atoms with E-state index in [1.165, 1.54) is 10.4 Å². The van der Waals surface area contributed by atoms with Gasteiger partial charge in [-0.05, 0) is 43.9 Å². The van der Waals surface area contributed by atoms with Gasteiger partial charge < -0.3 is 10.5 Å². The number of hydrogen-bond donors (Lipinski definition) is 1. The number of anilines is 1. The summed E-state index contributed by atoms with van der Waals surface area (Å²) < 4.78 is 32.1. The van der Waals surface area contributed by atoms with Crippen molar-refractivity contribution in [1.29, 1.82) is 0 Å². The second kappa shape index (κ2) is 6.52. The summed E-state index contributed by atoms with van der Waals surface area (Å²) in [6.07, 6.45) is 2.92. The van der Waals surface area contributed by atoms with E-state index < -0.39 is 10.0 Å². The Morgan fingerprint density at radius 1 is 1.43 bits per heavy atom. The largest absolute Gasteiger partial charge is 0.398 e. The van der Waals surface area contributed by atoms with Crippen LogP contribution in [0.3, 0.4) is 0 Å². The lowest BCUT2D eigenvalue weighted by Crippen LogP contribution is -2.37. The van der Waals surface area contributed by atoms with E-state index in [1.807, 2.05) is 0 Å². The summed E-state index contributed by atoms with van der Waals surface area (Å²) in [6.45, 7) is 2.81. The molecule has 1 atom stereocenters. The lowest BCUT2D eigenvalue weighted by atomic mass is 10.1. The highest BCUT2D eigenvalue weighted by molar-refractivity contribution is 7.89. The Kier molecular flexibility index (Phi) is 5.14. The summed E-state index contributed by atoms with van der Waals surface area (Å²) in [5.41, 5.74) is 6.98. The van der Waals surface area contributed by atoms with Gasteiger partial charge in [0.15, 0.2) is 0 Å². The van der Waals surface area contributed by atoms with Crippen LogP contribution < -0.4 is 5.73 Å². The molecule has 5 nitrogen and oxygen atoms in total. The molecular weight excluding hydrogens is 312 g/mol. The molecule has 1 saturated heterocycles. The maximum atomic E-state index is 12.6. The van der Waals surface area contributed by atoms with E-state index in [-0.39, 0.29) is 16.0 Å². The third kappa shape index (κ3) is 3.69. The van der Waals surface area contributed by atoms with Crippen molar-refractivity contribution in [2.75, 3.05) is 25.9 Å². The minimum absolute atomic E-state index is 0.0468. The molecule has 7 heteroatoms. The third-order valence-corrected chi connectivity index (χ3v) is 6.03. The van der Waals surface area contributed by atoms with E-state index in [0.29, 0.717) is 18.8 Å². The zero-order chi connectivity index (χ0) is 15.6. The predicted molar refractivity (Wildman–Crippen MR) is 84.0 cm³/mol. The van der Waals surface area contributed by atoms with E-state index in [4.69, 9.17) is 22.1 Å². The Bertz CT molecular complexity index is 613. The number of rotatable bonds is 4. The molecule has 1 heterocycles. The highest BCUT2D eigenvalue weighted by Gasteiger charge is 2.27. The zero-order valence-corrected chi connectivity index (χ0v) is 13.9. The van der Waals surface area contributed by atoms with E-state index in [0.717, 1.165) is 24.8 Å². The summed E-state index contributed by atoms with van der Waals surface area (Å²) in [5, 5.41) is 0.193. The van der Waals surface area contributed by atoms with Gasteiger partial charge in [0.25, 0.3) is 0 Å². The van der Waals surface area contributed by atoms with Gasteiger partial charge >= 0.3 is 0 Å². The van der Waals surface area contributed by atoms with Crippen molar-refractivity contribution in [3.63, 3.8) is 0 Å². The molecule has 0 aromatic heterocycles. The van der Waals surface area contributed by atoms with Crippen LogP contribution in [0.25, 0.3) is 0 Å². The Labute approximate surface area is 131 Å². The zero-order valence-electron chi connectivity index (χ0n) is 12.3. The number of nitrogens with zero attached hydrogens (tertiary/aromatic N) is 1. The van der Waals surface area contributed by atoms with Gasteiger partial charge in [0, 0.05) is 25.9 Å². The molecule has 0 radical (unpaired) electrons. The van der Waals surface area contributed by atoms with Crippen LogP contribution in [-0.2, 0) is 14.8 Å². The quantitative estimate of drug-likeness (QED) is 0.859. The molecule has 2 N–H and O–H groups in total. The van der Waals surface area contributed by atoms with Crippen molar-refractivity contribution in [1.82, 2.24) is 4.31 Å². The van der Waals surface area contributed by atoms with Gasteiger partial charge in [0.2, 0.25) is 10.0 Å². The van der Waals surface area contributed by atoms with Crippen LogP contribution in [0.1, 0.15) is 24.8 Å². The molecule has 0 bridgehead atoms. The standard InChI is InChI=1S/C14H21ClN2O3S/c1-10-7-12(15)14(8-13(10)16)21(18,19)17(2)9-11-5-3-4-6-20-11/h7-8,11H,3-6,9,16H2,1-2H3. The fraction of sp³-hybridized carbons (Fsp3) is 0.571. The number of benzene rings is 1. The van der Waals surface area contributed by atoms with Crippen molar-refractivity contribution < 1.29 is 13.2 Å². The maximum Gasteiger partial charge on any atom is 0.244 e. The summed E-state index contributed by atoms with van der Waals surface area (Å²) in [6, 6.07) is 3.00. The first kappa shape index (κ1) is 16.5. The molecule has 118 valence electrons. The molecule has 1 aliphatic rings. The fourth-order valence-electron chi connectivity index (χ4n) is 2.37. The molecular formula is C14H21ClN2O3S. The Hall–Kier alpha value is -0.820. The van der Waals surface area contributed by atoms with Gasteiger partial charge in [0.05, 0.1) is 11.1 Å². The van der Waals surface area contributed by atoms with Crippen LogP contribution in [0.15, 0.2) is 17.0 Å². The first-order chi connectivity index (χ1) is 9.82. The van der Waals surface area contributed by atoms with Crippen molar-refractivity contribution in [2.45, 2.75) is 37.2 Å². The molecule has 1 aromatic rings. The normalized spacial score (nSPS) is 19.9. The van der Waals surface area contributed by atoms with Gasteiger partial charge in [-0.15, -0.1) is 0 Å². The van der Waals surface area contributed by atoms with Gasteiger partial charge in [-0.1, -0.05) is 11.6 Å². The second-order valence-corrected chi connectivity index (χ2v) is 7.83. The highest BCUT2D eigenvalue weighted by atomic mass is 35.5. The Balaban J connectivity index is 2.22. The first-order valence-corrected chi connectivity index (χ1v) is 8.77. The number of hydrogen-bond acceptors (Lipinski definition) is 4. The van der Waals surface area contributed by atoms with Crippen LogP contribution in [0, 0.1) is 6.92 Å². The van der Waals surface area contributed by atoms with Crippen LogP contribution in [0.2, 0.25) is 5.02 Å². The lowest BCUT2D eigenvalue weighted by molar-refractivity contribution is 0.00859. The van der Waals surface area contributed by atoms with E-state index in [1.54, 1.807) is 20.0 Å². The number of halogens is 1. The predicted octanol–water partition coefficient (Wildman–Crippen LogP) is 2.42. The molecule has 21 heavy (non-hydrogen) atoms. The minimum atomic E-state index is -3.67. The summed E-state index contributed by atoms with van der Waals surface area (Å²) in [5.74, 6) is 0. The van der Waals surface area contributed by atoms with E-state index >= 15 is 0 Å². The summed E-state index contributed by atoms with van der Waals surface area (Å²) >= 11 is 6.08. The number of sulfonamides is 1. The molecule has 0 spiro atoms. The average molecular weight is 333 g/mol.